The molecule has 2 N–H and O–H groups in total. The van der Waals surface area contributed by atoms with E-state index >= 15 is 0 Å². The second kappa shape index (κ2) is 7.72. The van der Waals surface area contributed by atoms with Crippen molar-refractivity contribution in [2.45, 2.75) is 19.4 Å². The first kappa shape index (κ1) is 19.2. The number of rotatable bonds is 4. The number of Topliss-reactive ketones (excluding diaryl/α,β-unsaturated/α-hetero) is 1. The molecule has 7 heteroatoms. The van der Waals surface area contributed by atoms with Crippen molar-refractivity contribution in [3.8, 4) is 5.75 Å². The van der Waals surface area contributed by atoms with Gasteiger partial charge in [-0.05, 0) is 67.4 Å². The molecular weight excluding hydrogens is 390 g/mol. The van der Waals surface area contributed by atoms with Gasteiger partial charge in [0.15, 0.2) is 0 Å². The summed E-state index contributed by atoms with van der Waals surface area (Å²) < 4.78 is 0. The molecule has 3 aromatic rings. The summed E-state index contributed by atoms with van der Waals surface area (Å²) in [4.78, 5) is 31.2. The number of hydrogen-bond acceptors (Lipinski definition) is 5. The number of hydrogen-bond donors (Lipinski definition) is 2. The molecule has 0 spiro atoms. The fourth-order valence-corrected chi connectivity index (χ4v) is 3.72. The number of pyridine rings is 1. The predicted octanol–water partition coefficient (Wildman–Crippen LogP) is 3.80. The topological polar surface area (TPSA) is 82.5 Å². The van der Waals surface area contributed by atoms with E-state index in [1.54, 1.807) is 47.4 Å². The van der Waals surface area contributed by atoms with E-state index in [9.17, 15) is 14.7 Å². The normalized spacial score (nSPS) is 16.2. The van der Waals surface area contributed by atoms with Crippen LogP contribution in [0.25, 0.3) is 10.9 Å². The average Bonchev–Trinajstić information content (AvgIpc) is 3.16. The lowest BCUT2D eigenvalue weighted by molar-refractivity contribution is -0.125. The third kappa shape index (κ3) is 4.03. The number of amides is 1. The van der Waals surface area contributed by atoms with Crippen molar-refractivity contribution >= 4 is 40.0 Å². The number of nitrogens with one attached hydrogen (secondary N) is 1. The third-order valence-electron chi connectivity index (χ3n) is 5.13. The van der Waals surface area contributed by atoms with E-state index in [-0.39, 0.29) is 11.8 Å². The highest BCUT2D eigenvalue weighted by molar-refractivity contribution is 6.43. The van der Waals surface area contributed by atoms with Gasteiger partial charge in [0.25, 0.3) is 5.91 Å². The summed E-state index contributed by atoms with van der Waals surface area (Å²) in [6.07, 6.45) is 0.730. The van der Waals surface area contributed by atoms with Crippen LogP contribution in [0.4, 0.5) is 5.82 Å². The minimum absolute atomic E-state index is 0.0124. The van der Waals surface area contributed by atoms with Crippen molar-refractivity contribution < 1.29 is 14.7 Å². The molecule has 1 aromatic heterocycles. The summed E-state index contributed by atoms with van der Waals surface area (Å²) in [5, 5.41) is 14.4. The number of aromatic hydroxyl groups is 1. The van der Waals surface area contributed by atoms with Gasteiger partial charge in [0, 0.05) is 35.1 Å². The molecule has 0 radical (unpaired) electrons. The lowest BCUT2D eigenvalue weighted by atomic mass is 10.1. The maximum Gasteiger partial charge on any atom is 0.295 e. The highest BCUT2D eigenvalue weighted by Crippen LogP contribution is 2.25. The molecular formula is C22H20ClN3O3. The Balaban J connectivity index is 1.44. The number of benzene rings is 2. The number of anilines is 1. The molecule has 1 atom stereocenters. The number of ketones is 1. The molecule has 29 heavy (non-hydrogen) atoms. The molecule has 0 aliphatic carbocycles. The van der Waals surface area contributed by atoms with Gasteiger partial charge in [0.05, 0.1) is 5.52 Å². The van der Waals surface area contributed by atoms with Gasteiger partial charge in [-0.25, -0.2) is 4.98 Å². The van der Waals surface area contributed by atoms with E-state index in [0.29, 0.717) is 29.5 Å². The lowest BCUT2D eigenvalue weighted by Gasteiger charge is -2.17. The van der Waals surface area contributed by atoms with Crippen molar-refractivity contribution in [2.75, 3.05) is 18.4 Å². The van der Waals surface area contributed by atoms with Gasteiger partial charge in [0.2, 0.25) is 5.78 Å². The van der Waals surface area contributed by atoms with Gasteiger partial charge in [-0.2, -0.15) is 0 Å². The summed E-state index contributed by atoms with van der Waals surface area (Å²) in [5.74, 6) is -0.112. The Kier molecular flexibility index (Phi) is 5.11. The molecule has 148 valence electrons. The second-order valence-corrected chi connectivity index (χ2v) is 7.68. The van der Waals surface area contributed by atoms with Crippen molar-refractivity contribution in [1.29, 1.82) is 0 Å². The zero-order valence-electron chi connectivity index (χ0n) is 15.9. The van der Waals surface area contributed by atoms with Crippen molar-refractivity contribution in [3.05, 3.63) is 64.7 Å². The molecule has 4 rings (SSSR count). The monoisotopic (exact) mass is 409 g/mol. The molecule has 2 aromatic carbocycles. The van der Waals surface area contributed by atoms with Gasteiger partial charge < -0.3 is 15.3 Å². The summed E-state index contributed by atoms with van der Waals surface area (Å²) >= 11 is 5.84. The van der Waals surface area contributed by atoms with Gasteiger partial charge in [-0.15, -0.1) is 0 Å². The average molecular weight is 410 g/mol. The molecule has 1 saturated heterocycles. The smallest absolute Gasteiger partial charge is 0.295 e. The minimum atomic E-state index is -0.526. The number of phenolic OH excluding ortho intramolecular Hbond substituents is 1. The number of aryl methyl sites for hydroxylation is 1. The van der Waals surface area contributed by atoms with E-state index in [1.165, 1.54) is 0 Å². The van der Waals surface area contributed by atoms with Gasteiger partial charge in [-0.3, -0.25) is 9.59 Å². The van der Waals surface area contributed by atoms with Crippen molar-refractivity contribution in [3.63, 3.8) is 0 Å². The Morgan fingerprint density at radius 2 is 1.93 bits per heavy atom. The van der Waals surface area contributed by atoms with E-state index in [4.69, 9.17) is 11.6 Å². The maximum atomic E-state index is 12.6. The zero-order chi connectivity index (χ0) is 20.5. The van der Waals surface area contributed by atoms with Crippen LogP contribution in [0.15, 0.2) is 48.5 Å². The standard InChI is InChI=1S/C22H20ClN3O3/c1-13-10-20(25-19-7-6-17(27)11-18(13)19)24-16-8-9-26(12-16)22(29)21(28)14-2-4-15(23)5-3-14/h2-7,10-11,16,27H,8-9,12H2,1H3,(H,24,25). The summed E-state index contributed by atoms with van der Waals surface area (Å²) in [6.45, 7) is 2.91. The number of aromatic nitrogens is 1. The number of halogens is 1. The number of carbonyl (C=O) groups excluding carboxylic acids is 2. The lowest BCUT2D eigenvalue weighted by Crippen LogP contribution is -2.36. The Morgan fingerprint density at radius 1 is 1.17 bits per heavy atom. The highest BCUT2D eigenvalue weighted by atomic mass is 35.5. The highest BCUT2D eigenvalue weighted by Gasteiger charge is 2.30. The Bertz CT molecular complexity index is 1100. The molecule has 2 heterocycles. The fourth-order valence-electron chi connectivity index (χ4n) is 3.60. The Hall–Kier alpha value is -3.12. The molecule has 0 bridgehead atoms. The Labute approximate surface area is 173 Å². The van der Waals surface area contributed by atoms with E-state index in [0.717, 1.165) is 22.9 Å². The van der Waals surface area contributed by atoms with Gasteiger partial charge >= 0.3 is 0 Å². The predicted molar refractivity (Wildman–Crippen MR) is 113 cm³/mol. The van der Waals surface area contributed by atoms with Crippen LogP contribution in [0.3, 0.4) is 0 Å². The van der Waals surface area contributed by atoms with Gasteiger partial charge in [-0.1, -0.05) is 11.6 Å². The number of likely N-dealkylation sites (tertiary alicyclic amines) is 1. The molecule has 1 unspecified atom stereocenters. The molecule has 1 aliphatic rings. The van der Waals surface area contributed by atoms with Crippen LogP contribution in [0.1, 0.15) is 22.3 Å². The van der Waals surface area contributed by atoms with Crippen LogP contribution in [0, 0.1) is 6.92 Å². The molecule has 1 fully saturated rings. The largest absolute Gasteiger partial charge is 0.508 e. The third-order valence-corrected chi connectivity index (χ3v) is 5.38. The van der Waals surface area contributed by atoms with Crippen LogP contribution in [-0.2, 0) is 4.79 Å². The zero-order valence-corrected chi connectivity index (χ0v) is 16.6. The molecule has 0 saturated carbocycles. The van der Waals surface area contributed by atoms with E-state index in [1.807, 2.05) is 13.0 Å². The number of fused-ring (bicyclic) bond motifs is 1. The van der Waals surface area contributed by atoms with Crippen LogP contribution < -0.4 is 5.32 Å². The minimum Gasteiger partial charge on any atom is -0.508 e. The van der Waals surface area contributed by atoms with Crippen LogP contribution in [0.2, 0.25) is 5.02 Å². The van der Waals surface area contributed by atoms with Crippen LogP contribution in [0.5, 0.6) is 5.75 Å². The number of nitrogens with zero attached hydrogens (tertiary/aromatic N) is 2. The summed E-state index contributed by atoms with van der Waals surface area (Å²) in [5.41, 5.74) is 2.12. The van der Waals surface area contributed by atoms with Crippen LogP contribution >= 0.6 is 11.6 Å². The summed E-state index contributed by atoms with van der Waals surface area (Å²) in [6, 6.07) is 13.3. The van der Waals surface area contributed by atoms with Crippen molar-refractivity contribution in [2.24, 2.45) is 0 Å². The SMILES string of the molecule is Cc1cc(NC2CCN(C(=O)C(=O)c3ccc(Cl)cc3)C2)nc2ccc(O)cc12. The summed E-state index contributed by atoms with van der Waals surface area (Å²) in [7, 11) is 0. The first-order valence-electron chi connectivity index (χ1n) is 9.37. The quantitative estimate of drug-likeness (QED) is 0.506. The Morgan fingerprint density at radius 3 is 2.69 bits per heavy atom. The molecule has 1 aliphatic heterocycles. The van der Waals surface area contributed by atoms with Gasteiger partial charge in [0.1, 0.15) is 11.6 Å². The first-order valence-corrected chi connectivity index (χ1v) is 9.74. The van der Waals surface area contributed by atoms with E-state index < -0.39 is 11.7 Å². The fraction of sp³-hybridized carbons (Fsp3) is 0.227. The molecule has 6 nitrogen and oxygen atoms in total. The van der Waals surface area contributed by atoms with Crippen molar-refractivity contribution in [1.82, 2.24) is 9.88 Å². The number of carbonyl (C=O) groups is 2. The van der Waals surface area contributed by atoms with Crippen LogP contribution in [-0.4, -0.2) is 45.8 Å². The number of phenols is 1. The second-order valence-electron chi connectivity index (χ2n) is 7.24. The first-order chi connectivity index (χ1) is 13.9. The maximum absolute atomic E-state index is 12.6. The molecule has 1 amide bonds. The van der Waals surface area contributed by atoms with E-state index in [2.05, 4.69) is 10.3 Å².